The Hall–Kier alpha value is -1.32. The van der Waals surface area contributed by atoms with Crippen LogP contribution in [0.15, 0.2) is 11.8 Å². The van der Waals surface area contributed by atoms with E-state index in [1.165, 1.54) is 7.11 Å². The lowest BCUT2D eigenvalue weighted by Gasteiger charge is -2.26. The maximum atomic E-state index is 11.4. The van der Waals surface area contributed by atoms with Crippen LogP contribution in [-0.2, 0) is 14.3 Å². The van der Waals surface area contributed by atoms with Crippen LogP contribution in [-0.4, -0.2) is 29.9 Å². The van der Waals surface area contributed by atoms with Crippen LogP contribution in [0.1, 0.15) is 25.7 Å². The average Bonchev–Trinajstić information content (AvgIpc) is 2.59. The summed E-state index contributed by atoms with van der Waals surface area (Å²) in [6.45, 7) is 0. The molecule has 2 heterocycles. The van der Waals surface area contributed by atoms with Crippen LogP contribution in [0.3, 0.4) is 0 Å². The molecule has 2 aliphatic heterocycles. The molecule has 0 radical (unpaired) electrons. The predicted molar refractivity (Wildman–Crippen MR) is 49.2 cm³/mol. The van der Waals surface area contributed by atoms with E-state index in [-0.39, 0.29) is 11.9 Å². The van der Waals surface area contributed by atoms with E-state index in [2.05, 4.69) is 4.74 Å². The fourth-order valence-corrected chi connectivity index (χ4v) is 2.06. The summed E-state index contributed by atoms with van der Waals surface area (Å²) < 4.78 is 4.63. The highest BCUT2D eigenvalue weighted by Gasteiger charge is 2.33. The molecule has 2 rings (SSSR count). The number of hydrogen-bond acceptors (Lipinski definition) is 3. The third-order valence-corrected chi connectivity index (χ3v) is 2.86. The quantitative estimate of drug-likeness (QED) is 0.582. The fraction of sp³-hybridized carbons (Fsp3) is 0.600. The van der Waals surface area contributed by atoms with E-state index in [0.29, 0.717) is 18.0 Å². The number of carbonyl (C=O) groups excluding carboxylic acids is 2. The maximum Gasteiger partial charge on any atom is 0.335 e. The molecule has 0 saturated carbocycles. The lowest BCUT2D eigenvalue weighted by atomic mass is 10.0. The van der Waals surface area contributed by atoms with Crippen molar-refractivity contribution in [3.05, 3.63) is 11.8 Å². The van der Waals surface area contributed by atoms with Crippen molar-refractivity contribution in [1.82, 2.24) is 4.90 Å². The minimum Gasteiger partial charge on any atom is -0.466 e. The van der Waals surface area contributed by atoms with Crippen molar-refractivity contribution in [2.45, 2.75) is 31.7 Å². The minimum atomic E-state index is -0.317. The molecule has 0 aliphatic carbocycles. The Morgan fingerprint density at radius 3 is 2.93 bits per heavy atom. The molecule has 1 atom stereocenters. The van der Waals surface area contributed by atoms with Crippen LogP contribution in [0, 0.1) is 0 Å². The second-order valence-electron chi connectivity index (χ2n) is 3.68. The number of hydrogen-bond donors (Lipinski definition) is 0. The Morgan fingerprint density at radius 1 is 1.50 bits per heavy atom. The number of ether oxygens (including phenoxy) is 1. The molecular weight excluding hydrogens is 182 g/mol. The summed E-state index contributed by atoms with van der Waals surface area (Å²) in [5.74, 6) is -0.195. The zero-order valence-corrected chi connectivity index (χ0v) is 8.16. The molecule has 76 valence electrons. The molecule has 0 N–H and O–H groups in total. The van der Waals surface area contributed by atoms with Gasteiger partial charge >= 0.3 is 5.97 Å². The maximum absolute atomic E-state index is 11.4. The molecule has 1 unspecified atom stereocenters. The van der Waals surface area contributed by atoms with E-state index in [4.69, 9.17) is 0 Å². The number of carbonyl (C=O) groups is 2. The van der Waals surface area contributed by atoms with Gasteiger partial charge in [0.1, 0.15) is 0 Å². The number of rotatable bonds is 1. The van der Waals surface area contributed by atoms with Crippen molar-refractivity contribution in [2.75, 3.05) is 7.11 Å². The molecular formula is C10H13NO3. The van der Waals surface area contributed by atoms with Gasteiger partial charge in [-0.05, 0) is 19.3 Å². The van der Waals surface area contributed by atoms with Gasteiger partial charge in [-0.15, -0.1) is 0 Å². The van der Waals surface area contributed by atoms with Crippen LogP contribution in [0.4, 0.5) is 0 Å². The van der Waals surface area contributed by atoms with Crippen molar-refractivity contribution in [2.24, 2.45) is 0 Å². The van der Waals surface area contributed by atoms with Crippen LogP contribution in [0.25, 0.3) is 0 Å². The van der Waals surface area contributed by atoms with Crippen LogP contribution in [0.5, 0.6) is 0 Å². The van der Waals surface area contributed by atoms with Gasteiger partial charge in [0.05, 0.1) is 12.7 Å². The van der Waals surface area contributed by atoms with Gasteiger partial charge in [0, 0.05) is 18.7 Å². The highest BCUT2D eigenvalue weighted by Crippen LogP contribution is 2.29. The summed E-state index contributed by atoms with van der Waals surface area (Å²) in [6.07, 6.45) is 4.79. The predicted octanol–water partition coefficient (Wildman–Crippen LogP) is 0.828. The number of amides is 1. The molecule has 1 fully saturated rings. The normalized spacial score (nSPS) is 25.8. The van der Waals surface area contributed by atoms with Crippen molar-refractivity contribution < 1.29 is 14.3 Å². The van der Waals surface area contributed by atoms with Gasteiger partial charge in [0.15, 0.2) is 0 Å². The van der Waals surface area contributed by atoms with Crippen molar-refractivity contribution in [1.29, 1.82) is 0 Å². The number of nitrogens with zero attached hydrogens (tertiary/aromatic N) is 1. The van der Waals surface area contributed by atoms with Crippen molar-refractivity contribution >= 4 is 11.9 Å². The molecule has 0 spiro atoms. The SMILES string of the molecule is COC(=O)C1=CN2C(=O)CCC2CC1. The first kappa shape index (κ1) is 9.24. The van der Waals surface area contributed by atoms with E-state index in [9.17, 15) is 9.59 Å². The number of esters is 1. The smallest absolute Gasteiger partial charge is 0.335 e. The molecule has 4 heteroatoms. The largest absolute Gasteiger partial charge is 0.466 e. The molecule has 0 aromatic heterocycles. The van der Waals surface area contributed by atoms with Gasteiger partial charge in [0.25, 0.3) is 0 Å². The van der Waals surface area contributed by atoms with Crippen molar-refractivity contribution in [3.63, 3.8) is 0 Å². The summed E-state index contributed by atoms with van der Waals surface area (Å²) >= 11 is 0. The Morgan fingerprint density at radius 2 is 2.21 bits per heavy atom. The summed E-state index contributed by atoms with van der Waals surface area (Å²) in [5, 5.41) is 0. The molecule has 0 aromatic rings. The Labute approximate surface area is 82.5 Å². The Kier molecular flexibility index (Phi) is 2.27. The van der Waals surface area contributed by atoms with Gasteiger partial charge in [-0.25, -0.2) is 4.79 Å². The Balaban J connectivity index is 2.19. The van der Waals surface area contributed by atoms with Crippen LogP contribution >= 0.6 is 0 Å². The molecule has 0 bridgehead atoms. The first-order chi connectivity index (χ1) is 6.72. The molecule has 14 heavy (non-hydrogen) atoms. The van der Waals surface area contributed by atoms with Crippen LogP contribution in [0.2, 0.25) is 0 Å². The van der Waals surface area contributed by atoms with E-state index in [0.717, 1.165) is 19.3 Å². The summed E-state index contributed by atoms with van der Waals surface area (Å²) in [5.41, 5.74) is 0.610. The van der Waals surface area contributed by atoms with E-state index < -0.39 is 0 Å². The van der Waals surface area contributed by atoms with Gasteiger partial charge in [-0.2, -0.15) is 0 Å². The van der Waals surface area contributed by atoms with Crippen LogP contribution < -0.4 is 0 Å². The first-order valence-corrected chi connectivity index (χ1v) is 4.82. The standard InChI is InChI=1S/C10H13NO3/c1-14-10(13)7-2-3-8-4-5-9(12)11(8)6-7/h6,8H,2-5H2,1H3. The van der Waals surface area contributed by atoms with Gasteiger partial charge in [-0.1, -0.05) is 0 Å². The third kappa shape index (κ3) is 1.41. The highest BCUT2D eigenvalue weighted by molar-refractivity contribution is 5.90. The molecule has 4 nitrogen and oxygen atoms in total. The third-order valence-electron chi connectivity index (χ3n) is 2.86. The van der Waals surface area contributed by atoms with Gasteiger partial charge in [-0.3, -0.25) is 4.79 Å². The van der Waals surface area contributed by atoms with E-state index >= 15 is 0 Å². The Bertz CT molecular complexity index is 308. The monoisotopic (exact) mass is 195 g/mol. The average molecular weight is 195 g/mol. The topological polar surface area (TPSA) is 46.6 Å². The highest BCUT2D eigenvalue weighted by atomic mass is 16.5. The van der Waals surface area contributed by atoms with E-state index in [1.807, 2.05) is 0 Å². The molecule has 1 amide bonds. The second kappa shape index (κ2) is 3.44. The summed E-state index contributed by atoms with van der Waals surface area (Å²) in [6, 6.07) is 0.316. The summed E-state index contributed by atoms with van der Waals surface area (Å²) in [4.78, 5) is 24.3. The first-order valence-electron chi connectivity index (χ1n) is 4.82. The molecule has 1 saturated heterocycles. The van der Waals surface area contributed by atoms with E-state index in [1.54, 1.807) is 11.1 Å². The van der Waals surface area contributed by atoms with Crippen molar-refractivity contribution in [3.8, 4) is 0 Å². The molecule has 2 aliphatic rings. The lowest BCUT2D eigenvalue weighted by Crippen LogP contribution is -2.32. The zero-order chi connectivity index (χ0) is 10.1. The minimum absolute atomic E-state index is 0.121. The molecule has 0 aromatic carbocycles. The van der Waals surface area contributed by atoms with Gasteiger partial charge < -0.3 is 9.64 Å². The number of fused-ring (bicyclic) bond motifs is 1. The number of methoxy groups -OCH3 is 1. The van der Waals surface area contributed by atoms with Gasteiger partial charge in [0.2, 0.25) is 5.91 Å². The zero-order valence-electron chi connectivity index (χ0n) is 8.16. The summed E-state index contributed by atoms with van der Waals surface area (Å²) in [7, 11) is 1.36. The fourth-order valence-electron chi connectivity index (χ4n) is 2.06. The lowest BCUT2D eigenvalue weighted by molar-refractivity contribution is -0.136. The second-order valence-corrected chi connectivity index (χ2v) is 3.68.